The van der Waals surface area contributed by atoms with E-state index in [2.05, 4.69) is 20.2 Å². The summed E-state index contributed by atoms with van der Waals surface area (Å²) in [5, 5.41) is 3.24. The van der Waals surface area contributed by atoms with Gasteiger partial charge in [-0.25, -0.2) is 4.98 Å². The van der Waals surface area contributed by atoms with E-state index >= 15 is 0 Å². The molecular weight excluding hydrogens is 346 g/mol. The number of amides is 1. The molecule has 2 heterocycles. The number of nitrogens with zero attached hydrogens (tertiary/aromatic N) is 4. The summed E-state index contributed by atoms with van der Waals surface area (Å²) in [6, 6.07) is 9.76. The lowest BCUT2D eigenvalue weighted by Gasteiger charge is -2.35. The van der Waals surface area contributed by atoms with Gasteiger partial charge in [-0.2, -0.15) is 4.98 Å². The number of carbonyl (C=O) groups is 1. The SMILES string of the molecule is CCNc1cc(C)nc(N2CCN(C(=O)c3ccc(SC)cc3)CC2)n1. The van der Waals surface area contributed by atoms with Crippen molar-refractivity contribution in [2.24, 2.45) is 0 Å². The van der Waals surface area contributed by atoms with Crippen molar-refractivity contribution in [3.8, 4) is 0 Å². The average Bonchev–Trinajstić information content (AvgIpc) is 2.67. The molecule has 7 heteroatoms. The van der Waals surface area contributed by atoms with Crippen molar-refractivity contribution in [2.45, 2.75) is 18.7 Å². The molecule has 0 spiro atoms. The smallest absolute Gasteiger partial charge is 0.253 e. The van der Waals surface area contributed by atoms with Gasteiger partial charge < -0.3 is 15.1 Å². The number of thioether (sulfide) groups is 1. The van der Waals surface area contributed by atoms with Crippen LogP contribution in [0.15, 0.2) is 35.2 Å². The van der Waals surface area contributed by atoms with Crippen molar-refractivity contribution in [3.05, 3.63) is 41.6 Å². The average molecular weight is 372 g/mol. The zero-order valence-corrected chi connectivity index (χ0v) is 16.3. The van der Waals surface area contributed by atoms with E-state index in [-0.39, 0.29) is 5.91 Å². The minimum Gasteiger partial charge on any atom is -0.370 e. The Morgan fingerprint density at radius 2 is 1.85 bits per heavy atom. The molecule has 1 saturated heterocycles. The van der Waals surface area contributed by atoms with Gasteiger partial charge in [0.25, 0.3) is 5.91 Å². The molecule has 1 amide bonds. The Hall–Kier alpha value is -2.28. The van der Waals surface area contributed by atoms with Gasteiger partial charge >= 0.3 is 0 Å². The highest BCUT2D eigenvalue weighted by molar-refractivity contribution is 7.98. The van der Waals surface area contributed by atoms with Gasteiger partial charge in [-0.15, -0.1) is 11.8 Å². The summed E-state index contributed by atoms with van der Waals surface area (Å²) in [7, 11) is 0. The largest absolute Gasteiger partial charge is 0.370 e. The van der Waals surface area contributed by atoms with E-state index in [1.54, 1.807) is 11.8 Å². The zero-order valence-electron chi connectivity index (χ0n) is 15.5. The molecule has 26 heavy (non-hydrogen) atoms. The van der Waals surface area contributed by atoms with Crippen LogP contribution in [0, 0.1) is 6.92 Å². The minimum atomic E-state index is 0.0933. The van der Waals surface area contributed by atoms with Crippen LogP contribution in [-0.4, -0.2) is 59.8 Å². The van der Waals surface area contributed by atoms with Crippen molar-refractivity contribution < 1.29 is 4.79 Å². The standard InChI is InChI=1S/C19H25N5OS/c1-4-20-17-13-14(2)21-19(22-17)24-11-9-23(10-12-24)18(25)15-5-7-16(26-3)8-6-15/h5-8,13H,4,9-12H2,1-3H3,(H,20,21,22). The minimum absolute atomic E-state index is 0.0933. The zero-order chi connectivity index (χ0) is 18.5. The second-order valence-electron chi connectivity index (χ2n) is 6.23. The van der Waals surface area contributed by atoms with Crippen LogP contribution in [0.1, 0.15) is 23.0 Å². The van der Waals surface area contributed by atoms with E-state index in [1.165, 1.54) is 4.90 Å². The van der Waals surface area contributed by atoms with Crippen molar-refractivity contribution in [1.82, 2.24) is 14.9 Å². The number of aryl methyl sites for hydroxylation is 1. The second-order valence-corrected chi connectivity index (χ2v) is 7.11. The van der Waals surface area contributed by atoms with Crippen molar-refractivity contribution in [3.63, 3.8) is 0 Å². The first-order valence-corrected chi connectivity index (χ1v) is 10.1. The van der Waals surface area contributed by atoms with E-state index in [1.807, 2.05) is 55.3 Å². The summed E-state index contributed by atoms with van der Waals surface area (Å²) >= 11 is 1.68. The highest BCUT2D eigenvalue weighted by atomic mass is 32.2. The van der Waals surface area contributed by atoms with Crippen LogP contribution >= 0.6 is 11.8 Å². The quantitative estimate of drug-likeness (QED) is 0.816. The maximum Gasteiger partial charge on any atom is 0.253 e. The number of hydrogen-bond acceptors (Lipinski definition) is 6. The lowest BCUT2D eigenvalue weighted by Crippen LogP contribution is -2.49. The second kappa shape index (κ2) is 8.40. The Morgan fingerprint density at radius 3 is 2.46 bits per heavy atom. The molecule has 0 radical (unpaired) electrons. The molecule has 2 aromatic rings. The highest BCUT2D eigenvalue weighted by Gasteiger charge is 2.23. The van der Waals surface area contributed by atoms with Crippen molar-refractivity contribution >= 4 is 29.4 Å². The first-order valence-electron chi connectivity index (χ1n) is 8.88. The van der Waals surface area contributed by atoms with Gasteiger partial charge in [0.15, 0.2) is 0 Å². The van der Waals surface area contributed by atoms with Gasteiger partial charge in [0.2, 0.25) is 5.95 Å². The van der Waals surface area contributed by atoms with Gasteiger partial charge in [0.1, 0.15) is 5.82 Å². The number of anilines is 2. The van der Waals surface area contributed by atoms with Crippen LogP contribution in [0.5, 0.6) is 0 Å². The summed E-state index contributed by atoms with van der Waals surface area (Å²) in [6.07, 6.45) is 2.03. The molecule has 0 atom stereocenters. The molecule has 1 aliphatic rings. The van der Waals surface area contributed by atoms with Gasteiger partial charge in [-0.3, -0.25) is 4.79 Å². The fourth-order valence-corrected chi connectivity index (χ4v) is 3.40. The molecule has 0 aliphatic carbocycles. The molecule has 1 aromatic heterocycles. The van der Waals surface area contributed by atoms with E-state index in [0.717, 1.165) is 42.7 Å². The molecule has 0 unspecified atom stereocenters. The fourth-order valence-electron chi connectivity index (χ4n) is 2.99. The first-order chi connectivity index (χ1) is 12.6. The van der Waals surface area contributed by atoms with Crippen molar-refractivity contribution in [2.75, 3.05) is 49.2 Å². The van der Waals surface area contributed by atoms with E-state index < -0.39 is 0 Å². The third-order valence-corrected chi connectivity index (χ3v) is 5.13. The van der Waals surface area contributed by atoms with Crippen LogP contribution in [0.4, 0.5) is 11.8 Å². The van der Waals surface area contributed by atoms with Crippen molar-refractivity contribution in [1.29, 1.82) is 0 Å². The monoisotopic (exact) mass is 371 g/mol. The summed E-state index contributed by atoms with van der Waals surface area (Å²) in [5.41, 5.74) is 1.69. The molecular formula is C19H25N5OS. The summed E-state index contributed by atoms with van der Waals surface area (Å²) in [4.78, 5) is 27.1. The number of rotatable bonds is 5. The predicted octanol–water partition coefficient (Wildman–Crippen LogP) is 2.90. The van der Waals surface area contributed by atoms with E-state index in [0.29, 0.717) is 13.1 Å². The van der Waals surface area contributed by atoms with Crippen LogP contribution in [-0.2, 0) is 0 Å². The molecule has 3 rings (SSSR count). The molecule has 138 valence electrons. The van der Waals surface area contributed by atoms with E-state index in [4.69, 9.17) is 0 Å². The van der Waals surface area contributed by atoms with Gasteiger partial charge in [-0.1, -0.05) is 0 Å². The number of aromatic nitrogens is 2. The first kappa shape index (κ1) is 18.5. The number of carbonyl (C=O) groups excluding carboxylic acids is 1. The molecule has 0 saturated carbocycles. The number of nitrogens with one attached hydrogen (secondary N) is 1. The van der Waals surface area contributed by atoms with Gasteiger partial charge in [-0.05, 0) is 44.4 Å². The van der Waals surface area contributed by atoms with Crippen LogP contribution in [0.25, 0.3) is 0 Å². The van der Waals surface area contributed by atoms with Crippen LogP contribution in [0.2, 0.25) is 0 Å². The normalized spacial score (nSPS) is 14.4. The molecule has 1 fully saturated rings. The number of piperazine rings is 1. The summed E-state index contributed by atoms with van der Waals surface area (Å²) in [5.74, 6) is 1.68. The Morgan fingerprint density at radius 1 is 1.15 bits per heavy atom. The Balaban J connectivity index is 1.64. The van der Waals surface area contributed by atoms with Gasteiger partial charge in [0.05, 0.1) is 0 Å². The Labute approximate surface area is 159 Å². The summed E-state index contributed by atoms with van der Waals surface area (Å²) in [6.45, 7) is 7.69. The maximum atomic E-state index is 12.7. The molecule has 1 aliphatic heterocycles. The maximum absolute atomic E-state index is 12.7. The third kappa shape index (κ3) is 4.27. The summed E-state index contributed by atoms with van der Waals surface area (Å²) < 4.78 is 0. The van der Waals surface area contributed by atoms with Gasteiger partial charge in [0, 0.05) is 54.9 Å². The topological polar surface area (TPSA) is 61.4 Å². The Kier molecular flexibility index (Phi) is 5.98. The number of benzene rings is 1. The predicted molar refractivity (Wildman–Crippen MR) is 107 cm³/mol. The molecule has 1 N–H and O–H groups in total. The molecule has 0 bridgehead atoms. The molecule has 1 aromatic carbocycles. The highest BCUT2D eigenvalue weighted by Crippen LogP contribution is 2.18. The number of hydrogen-bond donors (Lipinski definition) is 1. The lowest BCUT2D eigenvalue weighted by molar-refractivity contribution is 0.0746. The van der Waals surface area contributed by atoms with Crippen LogP contribution < -0.4 is 10.2 Å². The lowest BCUT2D eigenvalue weighted by atomic mass is 10.2. The third-order valence-electron chi connectivity index (χ3n) is 4.39. The Bertz CT molecular complexity index is 757. The molecule has 6 nitrogen and oxygen atoms in total. The fraction of sp³-hybridized carbons (Fsp3) is 0.421. The van der Waals surface area contributed by atoms with Crippen LogP contribution in [0.3, 0.4) is 0 Å². The van der Waals surface area contributed by atoms with E-state index in [9.17, 15) is 4.79 Å².